The zero-order valence-electron chi connectivity index (χ0n) is 15.5. The molecule has 0 aromatic carbocycles. The van der Waals surface area contributed by atoms with Crippen LogP contribution in [0.5, 0.6) is 0 Å². The maximum atomic E-state index is 13.1. The first-order chi connectivity index (χ1) is 12.1. The molecule has 2 heterocycles. The third-order valence-electron chi connectivity index (χ3n) is 6.30. The lowest BCUT2D eigenvalue weighted by atomic mass is 9.65. The maximum Gasteiger partial charge on any atom is 0.237 e. The summed E-state index contributed by atoms with van der Waals surface area (Å²) in [7, 11) is 1.70. The standard InChI is InChI=1S/C19H33N3O3/c1-25-12-9-19(7-4-8-19)18(24)22-11-3-5-15(14-22)13-21-17(23)16-6-2-10-20-16/h15-16,20H,2-14H2,1H3,(H,21,23). The van der Waals surface area contributed by atoms with Gasteiger partial charge >= 0.3 is 0 Å². The van der Waals surface area contributed by atoms with E-state index in [1.807, 2.05) is 0 Å². The number of nitrogens with one attached hydrogen (secondary N) is 2. The number of hydrogen-bond donors (Lipinski definition) is 2. The van der Waals surface area contributed by atoms with E-state index in [0.29, 0.717) is 25.0 Å². The van der Waals surface area contributed by atoms with Crippen molar-refractivity contribution in [1.82, 2.24) is 15.5 Å². The summed E-state index contributed by atoms with van der Waals surface area (Å²) in [5, 5.41) is 6.33. The minimum absolute atomic E-state index is 0.0198. The van der Waals surface area contributed by atoms with Crippen molar-refractivity contribution < 1.29 is 14.3 Å². The third kappa shape index (κ3) is 4.34. The van der Waals surface area contributed by atoms with Gasteiger partial charge in [-0.3, -0.25) is 9.59 Å². The molecule has 3 aliphatic rings. The Hall–Kier alpha value is -1.14. The molecular weight excluding hydrogens is 318 g/mol. The van der Waals surface area contributed by atoms with Crippen LogP contribution in [0.1, 0.15) is 51.4 Å². The number of methoxy groups -OCH3 is 1. The number of carbonyl (C=O) groups is 2. The van der Waals surface area contributed by atoms with E-state index in [-0.39, 0.29) is 17.4 Å². The second kappa shape index (κ2) is 8.49. The molecule has 2 amide bonds. The van der Waals surface area contributed by atoms with Crippen LogP contribution in [0.15, 0.2) is 0 Å². The number of rotatable bonds is 7. The number of piperidine rings is 1. The van der Waals surface area contributed by atoms with Crippen molar-refractivity contribution in [3.05, 3.63) is 0 Å². The minimum atomic E-state index is -0.172. The Kier molecular flexibility index (Phi) is 6.34. The highest BCUT2D eigenvalue weighted by molar-refractivity contribution is 5.84. The van der Waals surface area contributed by atoms with E-state index in [0.717, 1.165) is 71.0 Å². The van der Waals surface area contributed by atoms with Gasteiger partial charge in [-0.05, 0) is 57.4 Å². The predicted octanol–water partition coefficient (Wildman–Crippen LogP) is 1.30. The second-order valence-electron chi connectivity index (χ2n) is 8.03. The van der Waals surface area contributed by atoms with Gasteiger partial charge in [-0.25, -0.2) is 0 Å². The normalized spacial score (nSPS) is 28.4. The second-order valence-corrected chi connectivity index (χ2v) is 8.03. The van der Waals surface area contributed by atoms with Crippen LogP contribution < -0.4 is 10.6 Å². The molecule has 2 atom stereocenters. The first-order valence-corrected chi connectivity index (χ1v) is 9.94. The lowest BCUT2D eigenvalue weighted by molar-refractivity contribution is -0.151. The van der Waals surface area contributed by atoms with Crippen molar-refractivity contribution in [2.75, 3.05) is 39.9 Å². The van der Waals surface area contributed by atoms with Crippen LogP contribution in [-0.2, 0) is 14.3 Å². The zero-order valence-corrected chi connectivity index (χ0v) is 15.5. The maximum absolute atomic E-state index is 13.1. The van der Waals surface area contributed by atoms with Gasteiger partial charge in [0.1, 0.15) is 0 Å². The van der Waals surface area contributed by atoms with Crippen LogP contribution in [0, 0.1) is 11.3 Å². The van der Waals surface area contributed by atoms with E-state index < -0.39 is 0 Å². The Labute approximate surface area is 151 Å². The molecule has 0 radical (unpaired) electrons. The highest BCUT2D eigenvalue weighted by Gasteiger charge is 2.46. The molecule has 142 valence electrons. The number of likely N-dealkylation sites (tertiary alicyclic amines) is 1. The molecule has 2 N–H and O–H groups in total. The summed E-state index contributed by atoms with van der Waals surface area (Å²) in [5.74, 6) is 0.823. The van der Waals surface area contributed by atoms with Crippen molar-refractivity contribution in [3.63, 3.8) is 0 Å². The molecule has 1 aliphatic carbocycles. The highest BCUT2D eigenvalue weighted by atomic mass is 16.5. The van der Waals surface area contributed by atoms with E-state index in [1.54, 1.807) is 7.11 Å². The van der Waals surface area contributed by atoms with Crippen molar-refractivity contribution in [1.29, 1.82) is 0 Å². The van der Waals surface area contributed by atoms with Gasteiger partial charge in [0.2, 0.25) is 11.8 Å². The van der Waals surface area contributed by atoms with Gasteiger partial charge in [0, 0.05) is 33.4 Å². The van der Waals surface area contributed by atoms with Gasteiger partial charge in [-0.2, -0.15) is 0 Å². The quantitative estimate of drug-likeness (QED) is 0.725. The van der Waals surface area contributed by atoms with Crippen molar-refractivity contribution in [2.45, 2.75) is 57.4 Å². The topological polar surface area (TPSA) is 70.7 Å². The Balaban J connectivity index is 1.48. The van der Waals surface area contributed by atoms with Crippen molar-refractivity contribution >= 4 is 11.8 Å². The average Bonchev–Trinajstić information content (AvgIpc) is 3.13. The number of amides is 2. The molecule has 0 spiro atoms. The molecule has 6 nitrogen and oxygen atoms in total. The molecule has 6 heteroatoms. The molecule has 2 saturated heterocycles. The number of carbonyl (C=O) groups excluding carboxylic acids is 2. The van der Waals surface area contributed by atoms with Crippen LogP contribution >= 0.6 is 0 Å². The first-order valence-electron chi connectivity index (χ1n) is 9.94. The molecule has 0 aromatic rings. The predicted molar refractivity (Wildman–Crippen MR) is 96.1 cm³/mol. The van der Waals surface area contributed by atoms with Crippen LogP contribution in [0.25, 0.3) is 0 Å². The van der Waals surface area contributed by atoms with Gasteiger partial charge in [-0.15, -0.1) is 0 Å². The van der Waals surface area contributed by atoms with Crippen LogP contribution in [-0.4, -0.2) is 62.7 Å². The van der Waals surface area contributed by atoms with Gasteiger partial charge in [0.15, 0.2) is 0 Å². The third-order valence-corrected chi connectivity index (χ3v) is 6.30. The largest absolute Gasteiger partial charge is 0.385 e. The first kappa shape index (κ1) is 18.6. The summed E-state index contributed by atoms with van der Waals surface area (Å²) in [6.07, 6.45) is 8.13. The summed E-state index contributed by atoms with van der Waals surface area (Å²) in [4.78, 5) is 27.3. The summed E-state index contributed by atoms with van der Waals surface area (Å²) in [6, 6.07) is -0.0198. The molecular formula is C19H33N3O3. The molecule has 1 saturated carbocycles. The zero-order chi connectivity index (χ0) is 17.7. The van der Waals surface area contributed by atoms with Gasteiger partial charge in [0.25, 0.3) is 0 Å². The summed E-state index contributed by atoms with van der Waals surface area (Å²) in [6.45, 7) is 3.93. The Morgan fingerprint density at radius 3 is 2.72 bits per heavy atom. The van der Waals surface area contributed by atoms with E-state index in [1.165, 1.54) is 0 Å². The molecule has 2 aliphatic heterocycles. The summed E-state index contributed by atoms with van der Waals surface area (Å²) in [5.41, 5.74) is -0.172. The Morgan fingerprint density at radius 2 is 2.08 bits per heavy atom. The number of hydrogen-bond acceptors (Lipinski definition) is 4. The monoisotopic (exact) mass is 351 g/mol. The lowest BCUT2D eigenvalue weighted by Gasteiger charge is -2.45. The van der Waals surface area contributed by atoms with Gasteiger partial charge in [-0.1, -0.05) is 6.42 Å². The summed E-state index contributed by atoms with van der Waals surface area (Å²) < 4.78 is 5.22. The van der Waals surface area contributed by atoms with Crippen LogP contribution in [0.4, 0.5) is 0 Å². The Bertz CT molecular complexity index is 473. The SMILES string of the molecule is COCCC1(C(=O)N2CCCC(CNC(=O)C3CCCN3)C2)CCC1. The summed E-state index contributed by atoms with van der Waals surface area (Å²) >= 11 is 0. The molecule has 0 bridgehead atoms. The fourth-order valence-corrected chi connectivity index (χ4v) is 4.50. The van der Waals surface area contributed by atoms with E-state index in [4.69, 9.17) is 4.74 Å². The average molecular weight is 351 g/mol. The minimum Gasteiger partial charge on any atom is -0.385 e. The van der Waals surface area contributed by atoms with Crippen molar-refractivity contribution in [2.24, 2.45) is 11.3 Å². The molecule has 25 heavy (non-hydrogen) atoms. The van der Waals surface area contributed by atoms with E-state index in [2.05, 4.69) is 15.5 Å². The smallest absolute Gasteiger partial charge is 0.237 e. The fraction of sp³-hybridized carbons (Fsp3) is 0.895. The fourth-order valence-electron chi connectivity index (χ4n) is 4.50. The molecule has 2 unspecified atom stereocenters. The van der Waals surface area contributed by atoms with E-state index in [9.17, 15) is 9.59 Å². The van der Waals surface area contributed by atoms with Crippen LogP contribution in [0.3, 0.4) is 0 Å². The van der Waals surface area contributed by atoms with Gasteiger partial charge < -0.3 is 20.3 Å². The molecule has 3 rings (SSSR count). The number of ether oxygens (including phenoxy) is 1. The van der Waals surface area contributed by atoms with E-state index >= 15 is 0 Å². The Morgan fingerprint density at radius 1 is 1.24 bits per heavy atom. The van der Waals surface area contributed by atoms with Crippen molar-refractivity contribution in [3.8, 4) is 0 Å². The molecule has 3 fully saturated rings. The van der Waals surface area contributed by atoms with Gasteiger partial charge in [0.05, 0.1) is 11.5 Å². The highest BCUT2D eigenvalue weighted by Crippen LogP contribution is 2.46. The lowest BCUT2D eigenvalue weighted by Crippen LogP contribution is -2.53. The molecule has 0 aromatic heterocycles. The number of nitrogens with zero attached hydrogens (tertiary/aromatic N) is 1. The van der Waals surface area contributed by atoms with Crippen LogP contribution in [0.2, 0.25) is 0 Å².